The molecule has 0 fully saturated rings. The molecular weight excluding hydrogens is 304 g/mol. The zero-order valence-electron chi connectivity index (χ0n) is 12.7. The Morgan fingerprint density at radius 2 is 1.74 bits per heavy atom. The van der Waals surface area contributed by atoms with E-state index in [2.05, 4.69) is 22.4 Å². The van der Waals surface area contributed by atoms with Gasteiger partial charge in [-0.05, 0) is 17.7 Å². The first kappa shape index (κ1) is 15.6. The predicted octanol–water partition coefficient (Wildman–Crippen LogP) is 3.90. The van der Waals surface area contributed by atoms with Crippen molar-refractivity contribution in [2.24, 2.45) is 0 Å². The van der Waals surface area contributed by atoms with Gasteiger partial charge in [0.1, 0.15) is 5.69 Å². The lowest BCUT2D eigenvalue weighted by Gasteiger charge is -2.06. The fourth-order valence-electron chi connectivity index (χ4n) is 2.28. The fourth-order valence-corrected chi connectivity index (χ4v) is 3.10. The van der Waals surface area contributed by atoms with Gasteiger partial charge in [-0.25, -0.2) is 4.98 Å². The predicted molar refractivity (Wildman–Crippen MR) is 96.7 cm³/mol. The number of nitrogens with zero attached hydrogens (tertiary/aromatic N) is 1. The number of para-hydroxylation sites is 1. The number of thioether (sulfide) groups is 1. The summed E-state index contributed by atoms with van der Waals surface area (Å²) in [7, 11) is 0. The number of hydrogen-bond acceptors (Lipinski definition) is 3. The molecule has 3 rings (SSSR count). The van der Waals surface area contributed by atoms with E-state index in [4.69, 9.17) is 0 Å². The van der Waals surface area contributed by atoms with Crippen LogP contribution in [-0.2, 0) is 5.75 Å². The molecule has 1 aromatic heterocycles. The molecule has 2 aromatic carbocycles. The van der Waals surface area contributed by atoms with E-state index in [1.54, 1.807) is 6.07 Å². The number of rotatable bonds is 6. The quantitative estimate of drug-likeness (QED) is 0.700. The minimum absolute atomic E-state index is 0.115. The number of nitrogens with one attached hydrogen (secondary N) is 1. The highest BCUT2D eigenvalue weighted by Crippen LogP contribution is 2.12. The van der Waals surface area contributed by atoms with Crippen molar-refractivity contribution < 1.29 is 4.79 Å². The van der Waals surface area contributed by atoms with Gasteiger partial charge in [-0.3, -0.25) is 4.79 Å². The average molecular weight is 322 g/mol. The smallest absolute Gasteiger partial charge is 0.269 e. The summed E-state index contributed by atoms with van der Waals surface area (Å²) in [6.07, 6.45) is 0. The van der Waals surface area contributed by atoms with Gasteiger partial charge in [-0.1, -0.05) is 54.6 Å². The fraction of sp³-hybridized carbons (Fsp3) is 0.158. The van der Waals surface area contributed by atoms with Crippen LogP contribution >= 0.6 is 11.8 Å². The van der Waals surface area contributed by atoms with Gasteiger partial charge in [-0.15, -0.1) is 0 Å². The van der Waals surface area contributed by atoms with Crippen LogP contribution in [0.15, 0.2) is 66.7 Å². The lowest BCUT2D eigenvalue weighted by Crippen LogP contribution is -2.26. The lowest BCUT2D eigenvalue weighted by molar-refractivity contribution is 0.0951. The van der Waals surface area contributed by atoms with E-state index in [9.17, 15) is 4.79 Å². The number of hydrogen-bond donors (Lipinski definition) is 1. The number of benzene rings is 2. The Balaban J connectivity index is 1.47. The van der Waals surface area contributed by atoms with Crippen LogP contribution in [0.5, 0.6) is 0 Å². The minimum atomic E-state index is -0.115. The van der Waals surface area contributed by atoms with Crippen LogP contribution in [0.3, 0.4) is 0 Å². The first-order chi connectivity index (χ1) is 11.3. The molecule has 0 atom stereocenters. The third-order valence-corrected chi connectivity index (χ3v) is 4.50. The number of carbonyl (C=O) groups excluding carboxylic acids is 1. The second kappa shape index (κ2) is 7.79. The summed E-state index contributed by atoms with van der Waals surface area (Å²) in [5.74, 6) is 1.73. The summed E-state index contributed by atoms with van der Waals surface area (Å²) in [6, 6.07) is 21.8. The van der Waals surface area contributed by atoms with Gasteiger partial charge in [0.25, 0.3) is 5.91 Å². The molecular formula is C19H18N2OS. The van der Waals surface area contributed by atoms with E-state index in [-0.39, 0.29) is 5.91 Å². The molecule has 0 aliphatic heterocycles. The highest BCUT2D eigenvalue weighted by atomic mass is 32.2. The molecule has 3 nitrogen and oxygen atoms in total. The van der Waals surface area contributed by atoms with Crippen LogP contribution in [-0.4, -0.2) is 23.2 Å². The summed E-state index contributed by atoms with van der Waals surface area (Å²) in [6.45, 7) is 0.644. The van der Waals surface area contributed by atoms with E-state index in [1.165, 1.54) is 5.56 Å². The molecule has 0 saturated carbocycles. The highest BCUT2D eigenvalue weighted by molar-refractivity contribution is 7.98. The second-order valence-corrected chi connectivity index (χ2v) is 6.29. The Morgan fingerprint density at radius 1 is 0.957 bits per heavy atom. The van der Waals surface area contributed by atoms with E-state index >= 15 is 0 Å². The monoisotopic (exact) mass is 322 g/mol. The maximum atomic E-state index is 12.1. The van der Waals surface area contributed by atoms with Crippen LogP contribution in [0.4, 0.5) is 0 Å². The Bertz CT molecular complexity index is 789. The summed E-state index contributed by atoms with van der Waals surface area (Å²) >= 11 is 1.81. The minimum Gasteiger partial charge on any atom is -0.350 e. The molecule has 0 spiro atoms. The van der Waals surface area contributed by atoms with Gasteiger partial charge in [0.15, 0.2) is 0 Å². The standard InChI is InChI=1S/C19H18N2OS/c22-19(18-11-10-16-8-4-5-9-17(16)21-18)20-12-13-23-14-15-6-2-1-3-7-15/h1-11H,12-14H2,(H,20,22). The lowest BCUT2D eigenvalue weighted by atomic mass is 10.2. The number of pyridine rings is 1. The Labute approximate surface area is 140 Å². The van der Waals surface area contributed by atoms with Crippen LogP contribution < -0.4 is 5.32 Å². The SMILES string of the molecule is O=C(NCCSCc1ccccc1)c1ccc2ccccc2n1. The molecule has 1 N–H and O–H groups in total. The van der Waals surface area contributed by atoms with Crippen molar-refractivity contribution in [1.29, 1.82) is 0 Å². The Morgan fingerprint density at radius 3 is 2.61 bits per heavy atom. The largest absolute Gasteiger partial charge is 0.350 e. The molecule has 116 valence electrons. The Kier molecular flexibility index (Phi) is 5.27. The summed E-state index contributed by atoms with van der Waals surface area (Å²) in [4.78, 5) is 16.5. The topological polar surface area (TPSA) is 42.0 Å². The molecule has 4 heteroatoms. The first-order valence-electron chi connectivity index (χ1n) is 7.58. The van der Waals surface area contributed by atoms with Gasteiger partial charge in [-0.2, -0.15) is 11.8 Å². The van der Waals surface area contributed by atoms with Gasteiger partial charge >= 0.3 is 0 Å². The summed E-state index contributed by atoms with van der Waals surface area (Å²) in [5.41, 5.74) is 2.62. The van der Waals surface area contributed by atoms with Crippen LogP contribution in [0.25, 0.3) is 10.9 Å². The van der Waals surface area contributed by atoms with E-state index in [1.807, 2.05) is 60.3 Å². The summed E-state index contributed by atoms with van der Waals surface area (Å²) < 4.78 is 0. The second-order valence-electron chi connectivity index (χ2n) is 5.18. The van der Waals surface area contributed by atoms with Crippen molar-refractivity contribution in [3.05, 3.63) is 78.0 Å². The van der Waals surface area contributed by atoms with Crippen LogP contribution in [0, 0.1) is 0 Å². The van der Waals surface area contributed by atoms with Crippen molar-refractivity contribution in [2.75, 3.05) is 12.3 Å². The van der Waals surface area contributed by atoms with Gasteiger partial charge in [0.05, 0.1) is 5.52 Å². The number of aromatic nitrogens is 1. The molecule has 23 heavy (non-hydrogen) atoms. The van der Waals surface area contributed by atoms with Crippen molar-refractivity contribution >= 4 is 28.6 Å². The van der Waals surface area contributed by atoms with E-state index in [0.717, 1.165) is 22.4 Å². The highest BCUT2D eigenvalue weighted by Gasteiger charge is 2.07. The molecule has 1 amide bonds. The zero-order chi connectivity index (χ0) is 15.9. The number of carbonyl (C=O) groups is 1. The number of fused-ring (bicyclic) bond motifs is 1. The molecule has 3 aromatic rings. The molecule has 0 saturated heterocycles. The molecule has 0 aliphatic rings. The average Bonchev–Trinajstić information content (AvgIpc) is 2.61. The maximum Gasteiger partial charge on any atom is 0.269 e. The zero-order valence-corrected chi connectivity index (χ0v) is 13.6. The van der Waals surface area contributed by atoms with Gasteiger partial charge < -0.3 is 5.32 Å². The van der Waals surface area contributed by atoms with Gasteiger partial charge in [0.2, 0.25) is 0 Å². The van der Waals surface area contributed by atoms with E-state index < -0.39 is 0 Å². The number of amides is 1. The van der Waals surface area contributed by atoms with Crippen molar-refractivity contribution in [3.8, 4) is 0 Å². The normalized spacial score (nSPS) is 10.6. The third-order valence-electron chi connectivity index (χ3n) is 3.47. The molecule has 0 unspecified atom stereocenters. The van der Waals surface area contributed by atoms with E-state index in [0.29, 0.717) is 12.2 Å². The van der Waals surface area contributed by atoms with Crippen LogP contribution in [0.1, 0.15) is 16.1 Å². The summed E-state index contributed by atoms with van der Waals surface area (Å²) in [5, 5.41) is 3.97. The molecule has 0 aliphatic carbocycles. The first-order valence-corrected chi connectivity index (χ1v) is 8.74. The van der Waals surface area contributed by atoms with Crippen LogP contribution in [0.2, 0.25) is 0 Å². The molecule has 0 radical (unpaired) electrons. The molecule has 0 bridgehead atoms. The van der Waals surface area contributed by atoms with Crippen molar-refractivity contribution in [3.63, 3.8) is 0 Å². The van der Waals surface area contributed by atoms with Crippen molar-refractivity contribution in [2.45, 2.75) is 5.75 Å². The molecule has 1 heterocycles. The van der Waals surface area contributed by atoms with Crippen molar-refractivity contribution in [1.82, 2.24) is 10.3 Å². The third kappa shape index (κ3) is 4.33. The maximum absolute atomic E-state index is 12.1. The Hall–Kier alpha value is -2.33. The van der Waals surface area contributed by atoms with Gasteiger partial charge in [0, 0.05) is 23.4 Å².